The highest BCUT2D eigenvalue weighted by molar-refractivity contribution is 5.78. The number of rotatable bonds is 5. The molecule has 0 aliphatic heterocycles. The third-order valence-electron chi connectivity index (χ3n) is 2.90. The Bertz CT molecular complexity index is 364. The minimum Gasteiger partial charge on any atom is -0.300 e. The fraction of sp³-hybridized carbons (Fsp3) is 0.533. The van der Waals surface area contributed by atoms with Crippen molar-refractivity contribution in [3.8, 4) is 0 Å². The van der Waals surface area contributed by atoms with Crippen molar-refractivity contribution in [3.63, 3.8) is 0 Å². The zero-order valence-electron chi connectivity index (χ0n) is 10.8. The average Bonchev–Trinajstić information content (AvgIpc) is 2.19. The van der Waals surface area contributed by atoms with Gasteiger partial charge in [0.25, 0.3) is 0 Å². The summed E-state index contributed by atoms with van der Waals surface area (Å²) in [5.74, 6) is 0.862. The molecular weight excluding hydrogens is 196 g/mol. The Labute approximate surface area is 98.9 Å². The molecule has 88 valence electrons. The topological polar surface area (TPSA) is 17.1 Å². The van der Waals surface area contributed by atoms with E-state index in [1.54, 1.807) is 0 Å². The van der Waals surface area contributed by atoms with Crippen molar-refractivity contribution < 1.29 is 4.79 Å². The molecule has 0 aliphatic rings. The van der Waals surface area contributed by atoms with Crippen molar-refractivity contribution >= 4 is 5.78 Å². The van der Waals surface area contributed by atoms with Crippen LogP contribution < -0.4 is 0 Å². The van der Waals surface area contributed by atoms with E-state index in [-0.39, 0.29) is 0 Å². The van der Waals surface area contributed by atoms with E-state index in [1.165, 1.54) is 16.7 Å². The smallest absolute Gasteiger partial charge is 0.133 e. The third-order valence-corrected chi connectivity index (χ3v) is 2.90. The number of benzene rings is 1. The monoisotopic (exact) mass is 218 g/mol. The molecule has 0 radical (unpaired) electrons. The van der Waals surface area contributed by atoms with Crippen LogP contribution in [0.2, 0.25) is 0 Å². The molecule has 0 spiro atoms. The van der Waals surface area contributed by atoms with Gasteiger partial charge in [-0.15, -0.1) is 0 Å². The van der Waals surface area contributed by atoms with Gasteiger partial charge >= 0.3 is 0 Å². The van der Waals surface area contributed by atoms with Crippen molar-refractivity contribution in [3.05, 3.63) is 34.9 Å². The molecule has 0 fully saturated rings. The van der Waals surface area contributed by atoms with Crippen LogP contribution in [0.1, 0.15) is 43.4 Å². The number of hydrogen-bond acceptors (Lipinski definition) is 1. The zero-order chi connectivity index (χ0) is 12.1. The van der Waals surface area contributed by atoms with E-state index < -0.39 is 0 Å². The predicted octanol–water partition coefficient (Wildman–Crippen LogP) is 3.85. The molecule has 16 heavy (non-hydrogen) atoms. The minimum atomic E-state index is 0.383. The number of hydrogen-bond donors (Lipinski definition) is 0. The second kappa shape index (κ2) is 5.83. The number of ketones is 1. The first-order valence-electron chi connectivity index (χ1n) is 6.07. The molecule has 1 nitrogen and oxygen atoms in total. The van der Waals surface area contributed by atoms with Crippen molar-refractivity contribution in [1.29, 1.82) is 0 Å². The summed E-state index contributed by atoms with van der Waals surface area (Å²) >= 11 is 0. The molecule has 1 heteroatoms. The summed E-state index contributed by atoms with van der Waals surface area (Å²) in [7, 11) is 0. The highest BCUT2D eigenvalue weighted by atomic mass is 16.1. The van der Waals surface area contributed by atoms with Gasteiger partial charge in [0.2, 0.25) is 0 Å². The fourth-order valence-electron chi connectivity index (χ4n) is 1.80. The number of Topliss-reactive ketones (excluding diaryl/α,β-unsaturated/α-hetero) is 1. The maximum absolute atomic E-state index is 11.6. The fourth-order valence-corrected chi connectivity index (χ4v) is 1.80. The van der Waals surface area contributed by atoms with Crippen molar-refractivity contribution in [2.75, 3.05) is 0 Å². The van der Waals surface area contributed by atoms with Gasteiger partial charge in [0.05, 0.1) is 0 Å². The highest BCUT2D eigenvalue weighted by Crippen LogP contribution is 2.12. The van der Waals surface area contributed by atoms with Crippen molar-refractivity contribution in [2.24, 2.45) is 5.92 Å². The van der Waals surface area contributed by atoms with Crippen LogP contribution >= 0.6 is 0 Å². The maximum atomic E-state index is 11.6. The molecule has 0 bridgehead atoms. The van der Waals surface area contributed by atoms with Crippen LogP contribution in [0.4, 0.5) is 0 Å². The summed E-state index contributed by atoms with van der Waals surface area (Å²) in [6.07, 6.45) is 2.28. The Hall–Kier alpha value is -1.11. The molecule has 0 unspecified atom stereocenters. The van der Waals surface area contributed by atoms with Crippen LogP contribution in [0.15, 0.2) is 18.2 Å². The normalized spacial score (nSPS) is 10.8. The first-order valence-corrected chi connectivity index (χ1v) is 6.07. The average molecular weight is 218 g/mol. The Kier molecular flexibility index (Phi) is 4.72. The summed E-state index contributed by atoms with van der Waals surface area (Å²) in [5.41, 5.74) is 3.91. The summed E-state index contributed by atoms with van der Waals surface area (Å²) in [4.78, 5) is 11.6. The van der Waals surface area contributed by atoms with Crippen LogP contribution in [0.3, 0.4) is 0 Å². The van der Waals surface area contributed by atoms with E-state index in [9.17, 15) is 4.79 Å². The van der Waals surface area contributed by atoms with E-state index in [0.29, 0.717) is 24.5 Å². The third kappa shape index (κ3) is 4.18. The van der Waals surface area contributed by atoms with Gasteiger partial charge in [-0.1, -0.05) is 32.0 Å². The molecule has 1 aromatic carbocycles. The molecule has 0 heterocycles. The maximum Gasteiger partial charge on any atom is 0.133 e. The number of carbonyl (C=O) groups excluding carboxylic acids is 1. The Balaban J connectivity index is 2.48. The lowest BCUT2D eigenvalue weighted by atomic mass is 9.99. The highest BCUT2D eigenvalue weighted by Gasteiger charge is 2.05. The van der Waals surface area contributed by atoms with Gasteiger partial charge in [-0.25, -0.2) is 0 Å². The molecule has 0 aromatic heterocycles. The molecule has 0 aliphatic carbocycles. The van der Waals surface area contributed by atoms with E-state index >= 15 is 0 Å². The van der Waals surface area contributed by atoms with Gasteiger partial charge in [0, 0.05) is 12.8 Å². The lowest BCUT2D eigenvalue weighted by Gasteiger charge is -2.06. The van der Waals surface area contributed by atoms with Gasteiger partial charge in [-0.3, -0.25) is 4.79 Å². The Morgan fingerprint density at radius 1 is 1.19 bits per heavy atom. The van der Waals surface area contributed by atoms with Crippen LogP contribution in [0, 0.1) is 19.8 Å². The second-order valence-corrected chi connectivity index (χ2v) is 5.06. The summed E-state index contributed by atoms with van der Waals surface area (Å²) in [5, 5.41) is 0. The lowest BCUT2D eigenvalue weighted by molar-refractivity contribution is -0.119. The minimum absolute atomic E-state index is 0.383. The molecule has 1 rings (SSSR count). The number of aryl methyl sites for hydroxylation is 3. The van der Waals surface area contributed by atoms with Crippen LogP contribution in [0.25, 0.3) is 0 Å². The Morgan fingerprint density at radius 2 is 1.88 bits per heavy atom. The van der Waals surface area contributed by atoms with Gasteiger partial charge in [0.15, 0.2) is 0 Å². The molecule has 0 N–H and O–H groups in total. The Morgan fingerprint density at radius 3 is 2.44 bits per heavy atom. The van der Waals surface area contributed by atoms with Gasteiger partial charge < -0.3 is 0 Å². The summed E-state index contributed by atoms with van der Waals surface area (Å²) in [6, 6.07) is 6.46. The lowest BCUT2D eigenvalue weighted by Crippen LogP contribution is -2.04. The van der Waals surface area contributed by atoms with Crippen LogP contribution in [-0.4, -0.2) is 5.78 Å². The van der Waals surface area contributed by atoms with Crippen LogP contribution in [0.5, 0.6) is 0 Å². The van der Waals surface area contributed by atoms with Crippen molar-refractivity contribution in [2.45, 2.75) is 47.0 Å². The standard InChI is InChI=1S/C15H22O/c1-11(2)9-15(16)8-7-14-6-5-12(3)13(4)10-14/h5-6,10-11H,7-9H2,1-4H3. The predicted molar refractivity (Wildman–Crippen MR) is 68.7 cm³/mol. The molecule has 0 saturated heterocycles. The number of carbonyl (C=O) groups is 1. The van der Waals surface area contributed by atoms with E-state index in [1.807, 2.05) is 0 Å². The quantitative estimate of drug-likeness (QED) is 0.733. The molecule has 0 saturated carbocycles. The molecule has 0 amide bonds. The largest absolute Gasteiger partial charge is 0.300 e. The van der Waals surface area contributed by atoms with Crippen LogP contribution in [-0.2, 0) is 11.2 Å². The second-order valence-electron chi connectivity index (χ2n) is 5.06. The van der Waals surface area contributed by atoms with Gasteiger partial charge in [0.1, 0.15) is 5.78 Å². The first kappa shape index (κ1) is 13.0. The summed E-state index contributed by atoms with van der Waals surface area (Å²) < 4.78 is 0. The van der Waals surface area contributed by atoms with Gasteiger partial charge in [-0.05, 0) is 42.9 Å². The molecule has 0 atom stereocenters. The SMILES string of the molecule is Cc1ccc(CCC(=O)CC(C)C)cc1C. The molecule has 1 aromatic rings. The van der Waals surface area contributed by atoms with E-state index in [4.69, 9.17) is 0 Å². The zero-order valence-corrected chi connectivity index (χ0v) is 10.8. The summed E-state index contributed by atoms with van der Waals surface area (Å²) in [6.45, 7) is 8.42. The van der Waals surface area contributed by atoms with Gasteiger partial charge in [-0.2, -0.15) is 0 Å². The first-order chi connectivity index (χ1) is 7.49. The van der Waals surface area contributed by atoms with Crippen molar-refractivity contribution in [1.82, 2.24) is 0 Å². The molecular formula is C15H22O. The van der Waals surface area contributed by atoms with E-state index in [2.05, 4.69) is 45.9 Å². The van der Waals surface area contributed by atoms with E-state index in [0.717, 1.165) is 6.42 Å².